The molecule has 1 heterocycles. The normalized spacial score (nSPS) is 10.7. The predicted molar refractivity (Wildman–Crippen MR) is 73.4 cm³/mol. The number of fused-ring (bicyclic) bond motifs is 1. The maximum Gasteiger partial charge on any atom is 0.313 e. The fraction of sp³-hybridized carbons (Fsp3) is 0.333. The zero-order valence-corrected chi connectivity index (χ0v) is 11.6. The molecule has 1 aromatic carbocycles. The van der Waals surface area contributed by atoms with Gasteiger partial charge in [-0.3, -0.25) is 9.59 Å². The molecule has 0 fully saturated rings. The van der Waals surface area contributed by atoms with Gasteiger partial charge in [-0.1, -0.05) is 12.1 Å². The molecule has 4 heteroatoms. The van der Waals surface area contributed by atoms with Gasteiger partial charge >= 0.3 is 5.97 Å². The Morgan fingerprint density at radius 3 is 2.42 bits per heavy atom. The summed E-state index contributed by atoms with van der Waals surface area (Å²) in [6, 6.07) is 5.92. The Balaban J connectivity index is 2.54. The van der Waals surface area contributed by atoms with Crippen molar-refractivity contribution in [2.24, 2.45) is 7.05 Å². The minimum absolute atomic E-state index is 0.218. The average Bonchev–Trinajstić information content (AvgIpc) is 2.73. The largest absolute Gasteiger partial charge is 0.469 e. The average molecular weight is 259 g/mol. The summed E-state index contributed by atoms with van der Waals surface area (Å²) in [5.41, 5.74) is 3.81. The van der Waals surface area contributed by atoms with E-state index in [-0.39, 0.29) is 12.2 Å². The Labute approximate surface area is 112 Å². The van der Waals surface area contributed by atoms with E-state index in [1.54, 1.807) is 0 Å². The topological polar surface area (TPSA) is 48.3 Å². The molecule has 0 unspecified atom stereocenters. The monoisotopic (exact) mass is 259 g/mol. The van der Waals surface area contributed by atoms with Crippen molar-refractivity contribution in [2.45, 2.75) is 20.3 Å². The SMILES string of the molecule is COC(=O)CC(=O)c1cc2c(C)ccc(C)c2n1C. The van der Waals surface area contributed by atoms with Crippen molar-refractivity contribution >= 4 is 22.7 Å². The van der Waals surface area contributed by atoms with Gasteiger partial charge in [-0.25, -0.2) is 0 Å². The summed E-state index contributed by atoms with van der Waals surface area (Å²) < 4.78 is 6.38. The smallest absolute Gasteiger partial charge is 0.313 e. The van der Waals surface area contributed by atoms with Crippen molar-refractivity contribution in [1.29, 1.82) is 0 Å². The second-order valence-corrected chi connectivity index (χ2v) is 4.73. The second-order valence-electron chi connectivity index (χ2n) is 4.73. The molecule has 4 nitrogen and oxygen atoms in total. The highest BCUT2D eigenvalue weighted by atomic mass is 16.5. The quantitative estimate of drug-likeness (QED) is 0.483. The Morgan fingerprint density at radius 2 is 1.84 bits per heavy atom. The minimum atomic E-state index is -0.510. The molecule has 0 spiro atoms. The van der Waals surface area contributed by atoms with Crippen LogP contribution in [0.1, 0.15) is 28.0 Å². The zero-order chi connectivity index (χ0) is 14.2. The number of aromatic nitrogens is 1. The number of nitrogens with zero attached hydrogens (tertiary/aromatic N) is 1. The second kappa shape index (κ2) is 4.88. The Morgan fingerprint density at radius 1 is 1.21 bits per heavy atom. The number of carbonyl (C=O) groups excluding carboxylic acids is 2. The van der Waals surface area contributed by atoms with E-state index < -0.39 is 5.97 Å². The van der Waals surface area contributed by atoms with Crippen LogP contribution in [-0.4, -0.2) is 23.4 Å². The summed E-state index contributed by atoms with van der Waals surface area (Å²) in [5, 5.41) is 1.05. The highest BCUT2D eigenvalue weighted by Gasteiger charge is 2.18. The molecular formula is C15H17NO3. The molecule has 100 valence electrons. The lowest BCUT2D eigenvalue weighted by Crippen LogP contribution is -2.12. The Hall–Kier alpha value is -2.10. The lowest BCUT2D eigenvalue weighted by atomic mass is 10.1. The third-order valence-corrected chi connectivity index (χ3v) is 3.43. The van der Waals surface area contributed by atoms with Gasteiger partial charge in [0.2, 0.25) is 0 Å². The van der Waals surface area contributed by atoms with Crippen LogP contribution in [0.4, 0.5) is 0 Å². The molecule has 0 bridgehead atoms. The summed E-state index contributed by atoms with van der Waals surface area (Å²) >= 11 is 0. The van der Waals surface area contributed by atoms with E-state index in [1.165, 1.54) is 7.11 Å². The number of Topliss-reactive ketones (excluding diaryl/α,β-unsaturated/α-hetero) is 1. The van der Waals surface area contributed by atoms with Crippen LogP contribution in [0.3, 0.4) is 0 Å². The molecule has 0 aliphatic heterocycles. The van der Waals surface area contributed by atoms with Gasteiger partial charge in [0, 0.05) is 12.4 Å². The van der Waals surface area contributed by atoms with Gasteiger partial charge in [0.15, 0.2) is 5.78 Å². The third-order valence-electron chi connectivity index (χ3n) is 3.43. The highest BCUT2D eigenvalue weighted by molar-refractivity contribution is 6.08. The van der Waals surface area contributed by atoms with E-state index in [0.29, 0.717) is 5.69 Å². The van der Waals surface area contributed by atoms with Crippen molar-refractivity contribution in [1.82, 2.24) is 4.57 Å². The van der Waals surface area contributed by atoms with Crippen LogP contribution < -0.4 is 0 Å². The van der Waals surface area contributed by atoms with Crippen LogP contribution >= 0.6 is 0 Å². The first-order chi connectivity index (χ1) is 8.95. The summed E-state index contributed by atoms with van der Waals surface area (Å²) in [6.45, 7) is 4.02. The summed E-state index contributed by atoms with van der Waals surface area (Å²) in [4.78, 5) is 23.3. The molecule has 2 rings (SSSR count). The predicted octanol–water partition coefficient (Wildman–Crippen LogP) is 2.54. The molecule has 2 aromatic rings. The molecule has 0 saturated carbocycles. The van der Waals surface area contributed by atoms with Crippen molar-refractivity contribution < 1.29 is 14.3 Å². The number of rotatable bonds is 3. The Bertz CT molecular complexity index is 668. The van der Waals surface area contributed by atoms with Crippen molar-refractivity contribution in [3.8, 4) is 0 Å². The molecule has 0 aliphatic rings. The van der Waals surface area contributed by atoms with Crippen LogP contribution in [0.2, 0.25) is 0 Å². The van der Waals surface area contributed by atoms with E-state index in [4.69, 9.17) is 0 Å². The van der Waals surface area contributed by atoms with E-state index in [1.807, 2.05) is 43.7 Å². The first-order valence-corrected chi connectivity index (χ1v) is 6.11. The number of carbonyl (C=O) groups is 2. The first-order valence-electron chi connectivity index (χ1n) is 6.11. The lowest BCUT2D eigenvalue weighted by molar-refractivity contribution is -0.139. The number of hydrogen-bond acceptors (Lipinski definition) is 3. The van der Waals surface area contributed by atoms with Gasteiger partial charge in [0.25, 0.3) is 0 Å². The fourth-order valence-corrected chi connectivity index (χ4v) is 2.36. The molecule has 0 atom stereocenters. The molecule has 0 radical (unpaired) electrons. The maximum absolute atomic E-state index is 12.1. The number of methoxy groups -OCH3 is 1. The summed E-state index contributed by atoms with van der Waals surface area (Å²) in [5.74, 6) is -0.729. The molecule has 0 amide bonds. The van der Waals surface area contributed by atoms with Crippen molar-refractivity contribution in [3.05, 3.63) is 35.0 Å². The number of ether oxygens (including phenoxy) is 1. The van der Waals surface area contributed by atoms with Crippen molar-refractivity contribution in [2.75, 3.05) is 7.11 Å². The number of ketones is 1. The molecule has 0 saturated heterocycles. The molecule has 0 aliphatic carbocycles. The summed E-state index contributed by atoms with van der Waals surface area (Å²) in [6.07, 6.45) is -0.223. The fourth-order valence-electron chi connectivity index (χ4n) is 2.36. The van der Waals surface area contributed by atoms with Gasteiger partial charge in [-0.15, -0.1) is 0 Å². The van der Waals surface area contributed by atoms with Crippen LogP contribution in [0, 0.1) is 13.8 Å². The summed E-state index contributed by atoms with van der Waals surface area (Å²) in [7, 11) is 3.13. The lowest BCUT2D eigenvalue weighted by Gasteiger charge is -2.05. The zero-order valence-electron chi connectivity index (χ0n) is 11.6. The van der Waals surface area contributed by atoms with E-state index >= 15 is 0 Å². The highest BCUT2D eigenvalue weighted by Crippen LogP contribution is 2.26. The number of aryl methyl sites for hydroxylation is 3. The maximum atomic E-state index is 12.1. The van der Waals surface area contributed by atoms with E-state index in [0.717, 1.165) is 22.0 Å². The van der Waals surface area contributed by atoms with Crippen LogP contribution in [0.5, 0.6) is 0 Å². The van der Waals surface area contributed by atoms with Gasteiger partial charge in [-0.2, -0.15) is 0 Å². The van der Waals surface area contributed by atoms with Gasteiger partial charge in [0.1, 0.15) is 6.42 Å². The van der Waals surface area contributed by atoms with Gasteiger partial charge in [0.05, 0.1) is 18.3 Å². The van der Waals surface area contributed by atoms with E-state index in [2.05, 4.69) is 4.74 Å². The van der Waals surface area contributed by atoms with Crippen LogP contribution in [-0.2, 0) is 16.6 Å². The number of esters is 1. The minimum Gasteiger partial charge on any atom is -0.469 e. The number of benzene rings is 1. The molecule has 1 aromatic heterocycles. The molecule has 0 N–H and O–H groups in total. The van der Waals surface area contributed by atoms with Crippen LogP contribution in [0.15, 0.2) is 18.2 Å². The van der Waals surface area contributed by atoms with Gasteiger partial charge < -0.3 is 9.30 Å². The Kier molecular flexibility index (Phi) is 3.42. The van der Waals surface area contributed by atoms with E-state index in [9.17, 15) is 9.59 Å². The van der Waals surface area contributed by atoms with Crippen LogP contribution in [0.25, 0.3) is 10.9 Å². The third kappa shape index (κ3) is 2.26. The first kappa shape index (κ1) is 13.3. The standard InChI is InChI=1S/C15H17NO3/c1-9-5-6-10(2)15-11(9)7-12(16(15)3)13(17)8-14(18)19-4/h5-7H,8H2,1-4H3. The number of hydrogen-bond donors (Lipinski definition) is 0. The molecule has 19 heavy (non-hydrogen) atoms. The van der Waals surface area contributed by atoms with Gasteiger partial charge in [-0.05, 0) is 31.0 Å². The molecular weight excluding hydrogens is 242 g/mol. The van der Waals surface area contributed by atoms with Crippen molar-refractivity contribution in [3.63, 3.8) is 0 Å².